The van der Waals surface area contributed by atoms with Gasteiger partial charge in [-0.05, 0) is 6.04 Å². The Bertz CT molecular complexity index is 33.9. The summed E-state index contributed by atoms with van der Waals surface area (Å²) in [5.74, 6) is 2.01. The second-order valence-corrected chi connectivity index (χ2v) is 2.04. The SMILES string of the molecule is [SiH3]CC=CP. The van der Waals surface area contributed by atoms with Crippen LogP contribution in [0.15, 0.2) is 11.9 Å². The topological polar surface area (TPSA) is 0 Å². The van der Waals surface area contributed by atoms with Gasteiger partial charge < -0.3 is 0 Å². The standard InChI is InChI=1S/C3H9PSi/c4-2-1-3-5/h1-2H,3-4H2,5H3. The summed E-state index contributed by atoms with van der Waals surface area (Å²) in [5, 5.41) is 0. The highest BCUT2D eigenvalue weighted by Crippen LogP contribution is 1.82. The highest BCUT2D eigenvalue weighted by molar-refractivity contribution is 7.20. The van der Waals surface area contributed by atoms with Crippen molar-refractivity contribution in [2.24, 2.45) is 0 Å². The molecule has 0 rings (SSSR count). The van der Waals surface area contributed by atoms with E-state index in [0.717, 1.165) is 0 Å². The second kappa shape index (κ2) is 4.39. The van der Waals surface area contributed by atoms with Gasteiger partial charge in [-0.15, -0.1) is 9.24 Å². The van der Waals surface area contributed by atoms with Crippen molar-refractivity contribution in [3.8, 4) is 0 Å². The van der Waals surface area contributed by atoms with Crippen molar-refractivity contribution in [3.63, 3.8) is 0 Å². The van der Waals surface area contributed by atoms with Crippen molar-refractivity contribution in [1.82, 2.24) is 0 Å². The van der Waals surface area contributed by atoms with E-state index in [0.29, 0.717) is 0 Å². The molecule has 0 saturated carbocycles. The molecule has 30 valence electrons. The molecule has 0 bridgehead atoms. The van der Waals surface area contributed by atoms with Gasteiger partial charge in [0, 0.05) is 10.2 Å². The molecule has 0 amide bonds. The molecule has 0 saturated heterocycles. The Morgan fingerprint density at radius 2 is 2.40 bits per heavy atom. The van der Waals surface area contributed by atoms with E-state index in [2.05, 4.69) is 15.3 Å². The van der Waals surface area contributed by atoms with Crippen molar-refractivity contribution >= 4 is 19.5 Å². The third-order valence-corrected chi connectivity index (χ3v) is 1.12. The van der Waals surface area contributed by atoms with E-state index in [9.17, 15) is 0 Å². The average Bonchev–Trinajstić information content (AvgIpc) is 1.41. The predicted molar refractivity (Wildman–Crippen MR) is 33.6 cm³/mol. The zero-order valence-corrected chi connectivity index (χ0v) is 6.59. The van der Waals surface area contributed by atoms with E-state index in [4.69, 9.17) is 0 Å². The van der Waals surface area contributed by atoms with E-state index < -0.39 is 0 Å². The van der Waals surface area contributed by atoms with Crippen LogP contribution in [0.4, 0.5) is 0 Å². The minimum Gasteiger partial charge on any atom is -0.114 e. The molecular weight excluding hydrogens is 95.1 g/mol. The van der Waals surface area contributed by atoms with Gasteiger partial charge in [0.1, 0.15) is 0 Å². The fraction of sp³-hybridized carbons (Fsp3) is 0.333. The summed E-state index contributed by atoms with van der Waals surface area (Å²) in [6, 6.07) is 1.28. The van der Waals surface area contributed by atoms with Crippen LogP contribution in [-0.4, -0.2) is 10.2 Å². The number of hydrogen-bond donors (Lipinski definition) is 0. The minimum atomic E-state index is 1.28. The molecule has 1 atom stereocenters. The highest BCUT2D eigenvalue weighted by Gasteiger charge is 1.52. The van der Waals surface area contributed by atoms with Gasteiger partial charge in [-0.2, -0.15) is 0 Å². The number of hydrogen-bond acceptors (Lipinski definition) is 0. The molecule has 0 fully saturated rings. The van der Waals surface area contributed by atoms with E-state index in [1.54, 1.807) is 0 Å². The lowest BCUT2D eigenvalue weighted by atomic mass is 10.8. The van der Waals surface area contributed by atoms with Gasteiger partial charge in [-0.1, -0.05) is 11.9 Å². The van der Waals surface area contributed by atoms with Crippen LogP contribution in [0.3, 0.4) is 0 Å². The molecule has 2 heteroatoms. The lowest BCUT2D eigenvalue weighted by Gasteiger charge is -1.64. The van der Waals surface area contributed by atoms with E-state index in [1.807, 2.05) is 5.82 Å². The molecule has 0 radical (unpaired) electrons. The third-order valence-electron chi connectivity index (χ3n) is 0.372. The Hall–Kier alpha value is 0.387. The van der Waals surface area contributed by atoms with Gasteiger partial charge in [-0.25, -0.2) is 0 Å². The summed E-state index contributed by atoms with van der Waals surface area (Å²) in [6.07, 6.45) is 2.15. The summed E-state index contributed by atoms with van der Waals surface area (Å²) in [5.41, 5.74) is 0. The quantitative estimate of drug-likeness (QED) is 0.328. The largest absolute Gasteiger partial charge is 0.114 e. The van der Waals surface area contributed by atoms with Crippen LogP contribution in [-0.2, 0) is 0 Å². The third kappa shape index (κ3) is 4.39. The molecule has 1 unspecified atom stereocenters. The van der Waals surface area contributed by atoms with E-state index >= 15 is 0 Å². The average molecular weight is 104 g/mol. The summed E-state index contributed by atoms with van der Waals surface area (Å²) < 4.78 is 0. The van der Waals surface area contributed by atoms with Gasteiger partial charge in [0.25, 0.3) is 0 Å². The maximum absolute atomic E-state index is 2.54. The fourth-order valence-electron chi connectivity index (χ4n) is 0.136. The van der Waals surface area contributed by atoms with Crippen molar-refractivity contribution in [1.29, 1.82) is 0 Å². The lowest BCUT2D eigenvalue weighted by Crippen LogP contribution is -1.49. The Morgan fingerprint density at radius 3 is 2.40 bits per heavy atom. The Kier molecular flexibility index (Phi) is 4.73. The van der Waals surface area contributed by atoms with Crippen molar-refractivity contribution in [3.05, 3.63) is 11.9 Å². The van der Waals surface area contributed by atoms with Crippen LogP contribution in [0.2, 0.25) is 6.04 Å². The van der Waals surface area contributed by atoms with Gasteiger partial charge in [-0.3, -0.25) is 0 Å². The van der Waals surface area contributed by atoms with E-state index in [-0.39, 0.29) is 0 Å². The zero-order chi connectivity index (χ0) is 4.12. The molecule has 0 aliphatic rings. The first kappa shape index (κ1) is 5.39. The van der Waals surface area contributed by atoms with Crippen molar-refractivity contribution in [2.75, 3.05) is 0 Å². The molecule has 0 N–H and O–H groups in total. The van der Waals surface area contributed by atoms with Crippen LogP contribution in [0.25, 0.3) is 0 Å². The molecule has 0 nitrogen and oxygen atoms in total. The Morgan fingerprint density at radius 1 is 1.80 bits per heavy atom. The predicted octanol–water partition coefficient (Wildman–Crippen LogP) is 0.159. The lowest BCUT2D eigenvalue weighted by molar-refractivity contribution is 1.75. The van der Waals surface area contributed by atoms with Gasteiger partial charge >= 0.3 is 0 Å². The zero-order valence-electron chi connectivity index (χ0n) is 3.44. The molecule has 0 spiro atoms. The van der Waals surface area contributed by atoms with Crippen LogP contribution in [0.1, 0.15) is 0 Å². The van der Waals surface area contributed by atoms with Crippen molar-refractivity contribution in [2.45, 2.75) is 6.04 Å². The molecule has 5 heavy (non-hydrogen) atoms. The van der Waals surface area contributed by atoms with Crippen LogP contribution < -0.4 is 0 Å². The maximum Gasteiger partial charge on any atom is 0.00756 e. The number of rotatable bonds is 1. The Labute approximate surface area is 38.3 Å². The second-order valence-electron chi connectivity index (χ2n) is 0.836. The van der Waals surface area contributed by atoms with Crippen LogP contribution >= 0.6 is 9.24 Å². The molecule has 0 aliphatic heterocycles. The summed E-state index contributed by atoms with van der Waals surface area (Å²) in [7, 11) is 3.84. The fourth-order valence-corrected chi connectivity index (χ4v) is 1.22. The van der Waals surface area contributed by atoms with Crippen molar-refractivity contribution < 1.29 is 0 Å². The molecule has 0 aromatic rings. The minimum absolute atomic E-state index is 1.28. The first-order valence-electron chi connectivity index (χ1n) is 1.78. The monoisotopic (exact) mass is 104 g/mol. The first-order chi connectivity index (χ1) is 2.41. The molecule has 0 heterocycles. The number of allylic oxidation sites excluding steroid dienone is 1. The van der Waals surface area contributed by atoms with Gasteiger partial charge in [0.05, 0.1) is 0 Å². The molecule has 0 aromatic heterocycles. The normalized spacial score (nSPS) is 10.6. The maximum atomic E-state index is 2.54. The van der Waals surface area contributed by atoms with Crippen LogP contribution in [0, 0.1) is 0 Å². The Balaban J connectivity index is 2.62. The van der Waals surface area contributed by atoms with E-state index in [1.165, 1.54) is 16.3 Å². The molecule has 0 aromatic carbocycles. The molecular formula is C3H9PSi. The summed E-state index contributed by atoms with van der Waals surface area (Å²) in [6.45, 7) is 0. The molecule has 0 aliphatic carbocycles. The first-order valence-corrected chi connectivity index (χ1v) is 3.86. The van der Waals surface area contributed by atoms with Crippen LogP contribution in [0.5, 0.6) is 0 Å². The highest BCUT2D eigenvalue weighted by atomic mass is 31.0. The van der Waals surface area contributed by atoms with Gasteiger partial charge in [0.2, 0.25) is 0 Å². The summed E-state index contributed by atoms with van der Waals surface area (Å²) in [4.78, 5) is 0. The summed E-state index contributed by atoms with van der Waals surface area (Å²) >= 11 is 0. The smallest absolute Gasteiger partial charge is 0.00756 e. The van der Waals surface area contributed by atoms with Gasteiger partial charge in [0.15, 0.2) is 0 Å².